The molecule has 0 bridgehead atoms. The standard InChI is InChI=1S/C21H19NO6S/c1-3-14-4-9-18-15(11-20(23)28-19(18)10-14)12-27-21(24)13(2)29-17-7-5-16(6-8-17)22(25)26/h4-11,13H,3,12H2,1-2H3/t13-/m0/s1. The lowest BCUT2D eigenvalue weighted by atomic mass is 10.1. The van der Waals surface area contributed by atoms with Crippen LogP contribution in [0, 0.1) is 10.1 Å². The van der Waals surface area contributed by atoms with E-state index in [2.05, 4.69) is 0 Å². The molecule has 3 rings (SSSR count). The number of hydrogen-bond acceptors (Lipinski definition) is 7. The van der Waals surface area contributed by atoms with Gasteiger partial charge in [0.1, 0.15) is 17.4 Å². The van der Waals surface area contributed by atoms with Gasteiger partial charge in [-0.05, 0) is 37.1 Å². The van der Waals surface area contributed by atoms with Gasteiger partial charge in [0, 0.05) is 34.0 Å². The van der Waals surface area contributed by atoms with Crippen molar-refractivity contribution in [1.29, 1.82) is 0 Å². The number of nitrogens with zero attached hydrogens (tertiary/aromatic N) is 1. The van der Waals surface area contributed by atoms with Gasteiger partial charge in [-0.25, -0.2) is 4.79 Å². The van der Waals surface area contributed by atoms with E-state index in [0.29, 0.717) is 11.1 Å². The third-order valence-electron chi connectivity index (χ3n) is 4.37. The Morgan fingerprint density at radius 3 is 2.59 bits per heavy atom. The van der Waals surface area contributed by atoms with Crippen molar-refractivity contribution in [2.75, 3.05) is 0 Å². The molecule has 150 valence electrons. The number of esters is 1. The van der Waals surface area contributed by atoms with Crippen LogP contribution in [0.1, 0.15) is 25.0 Å². The first-order chi connectivity index (χ1) is 13.9. The second-order valence-corrected chi connectivity index (χ2v) is 7.81. The predicted octanol–water partition coefficient (Wildman–Crippen LogP) is 4.49. The number of nitro benzene ring substituents is 1. The van der Waals surface area contributed by atoms with Gasteiger partial charge in [0.2, 0.25) is 0 Å². The quantitative estimate of drug-likeness (QED) is 0.185. The van der Waals surface area contributed by atoms with Crippen LogP contribution < -0.4 is 5.63 Å². The first-order valence-electron chi connectivity index (χ1n) is 9.00. The minimum Gasteiger partial charge on any atom is -0.460 e. The van der Waals surface area contributed by atoms with Crippen LogP contribution in [0.25, 0.3) is 11.0 Å². The third kappa shape index (κ3) is 5.03. The van der Waals surface area contributed by atoms with Gasteiger partial charge in [0.25, 0.3) is 5.69 Å². The maximum absolute atomic E-state index is 12.4. The Morgan fingerprint density at radius 1 is 1.21 bits per heavy atom. The van der Waals surface area contributed by atoms with Crippen molar-refractivity contribution in [1.82, 2.24) is 0 Å². The van der Waals surface area contributed by atoms with Crippen LogP contribution in [-0.4, -0.2) is 16.1 Å². The summed E-state index contributed by atoms with van der Waals surface area (Å²) in [4.78, 5) is 35.2. The van der Waals surface area contributed by atoms with Crippen LogP contribution in [0.15, 0.2) is 62.6 Å². The van der Waals surface area contributed by atoms with Crippen LogP contribution in [-0.2, 0) is 22.6 Å². The number of aryl methyl sites for hydroxylation is 1. The van der Waals surface area contributed by atoms with Gasteiger partial charge in [-0.2, -0.15) is 0 Å². The summed E-state index contributed by atoms with van der Waals surface area (Å²) < 4.78 is 10.7. The highest BCUT2D eigenvalue weighted by molar-refractivity contribution is 8.00. The zero-order chi connectivity index (χ0) is 21.0. The summed E-state index contributed by atoms with van der Waals surface area (Å²) in [6.45, 7) is 3.66. The number of fused-ring (bicyclic) bond motifs is 1. The minimum absolute atomic E-state index is 0.00871. The topological polar surface area (TPSA) is 99.6 Å². The van der Waals surface area contributed by atoms with Crippen molar-refractivity contribution in [3.05, 3.63) is 80.2 Å². The summed E-state index contributed by atoms with van der Waals surface area (Å²) >= 11 is 1.24. The Labute approximate surface area is 170 Å². The SMILES string of the molecule is CCc1ccc2c(COC(=O)[C@H](C)Sc3ccc([N+](=O)[O-])cc3)cc(=O)oc2c1. The summed E-state index contributed by atoms with van der Waals surface area (Å²) in [6.07, 6.45) is 0.816. The molecule has 0 fully saturated rings. The Kier molecular flexibility index (Phi) is 6.33. The van der Waals surface area contributed by atoms with Crippen molar-refractivity contribution < 1.29 is 18.9 Å². The fourth-order valence-electron chi connectivity index (χ4n) is 2.78. The number of rotatable bonds is 7. The Morgan fingerprint density at radius 2 is 1.93 bits per heavy atom. The van der Waals surface area contributed by atoms with Crippen molar-refractivity contribution in [2.45, 2.75) is 37.0 Å². The fourth-order valence-corrected chi connectivity index (χ4v) is 3.64. The average molecular weight is 413 g/mol. The molecule has 0 amide bonds. The van der Waals surface area contributed by atoms with E-state index < -0.39 is 21.8 Å². The minimum atomic E-state index is -0.519. The van der Waals surface area contributed by atoms with Crippen LogP contribution >= 0.6 is 11.8 Å². The van der Waals surface area contributed by atoms with Gasteiger partial charge in [-0.3, -0.25) is 14.9 Å². The van der Waals surface area contributed by atoms with E-state index in [-0.39, 0.29) is 12.3 Å². The number of thioether (sulfide) groups is 1. The maximum Gasteiger partial charge on any atom is 0.336 e. The van der Waals surface area contributed by atoms with Gasteiger partial charge in [-0.15, -0.1) is 11.8 Å². The Bertz CT molecular complexity index is 1110. The Hall–Kier alpha value is -3.13. The lowest BCUT2D eigenvalue weighted by molar-refractivity contribution is -0.384. The molecule has 8 heteroatoms. The summed E-state index contributed by atoms with van der Waals surface area (Å²) in [5.74, 6) is -0.445. The largest absolute Gasteiger partial charge is 0.460 e. The van der Waals surface area contributed by atoms with E-state index in [0.717, 1.165) is 22.3 Å². The van der Waals surface area contributed by atoms with Crippen LogP contribution in [0.4, 0.5) is 5.69 Å². The van der Waals surface area contributed by atoms with Crippen molar-refractivity contribution in [2.24, 2.45) is 0 Å². The lowest BCUT2D eigenvalue weighted by Crippen LogP contribution is -2.17. The molecule has 1 heterocycles. The number of hydrogen-bond donors (Lipinski definition) is 0. The smallest absolute Gasteiger partial charge is 0.336 e. The molecule has 3 aromatic rings. The molecular formula is C21H19NO6S. The number of carbonyl (C=O) groups excluding carboxylic acids is 1. The zero-order valence-electron chi connectivity index (χ0n) is 15.9. The van der Waals surface area contributed by atoms with Crippen LogP contribution in [0.2, 0.25) is 0 Å². The number of non-ortho nitro benzene ring substituents is 1. The molecule has 7 nitrogen and oxygen atoms in total. The van der Waals surface area contributed by atoms with Crippen LogP contribution in [0.3, 0.4) is 0 Å². The first-order valence-corrected chi connectivity index (χ1v) is 9.88. The van der Waals surface area contributed by atoms with Crippen molar-refractivity contribution in [3.63, 3.8) is 0 Å². The molecule has 2 aromatic carbocycles. The summed E-state index contributed by atoms with van der Waals surface area (Å²) in [7, 11) is 0. The summed E-state index contributed by atoms with van der Waals surface area (Å²) in [6, 6.07) is 12.9. The monoisotopic (exact) mass is 413 g/mol. The van der Waals surface area contributed by atoms with E-state index in [1.54, 1.807) is 19.1 Å². The fraction of sp³-hybridized carbons (Fsp3) is 0.238. The first kappa shape index (κ1) is 20.6. The maximum atomic E-state index is 12.4. The summed E-state index contributed by atoms with van der Waals surface area (Å²) in [5.41, 5.74) is 1.59. The van der Waals surface area contributed by atoms with E-state index in [9.17, 15) is 19.7 Å². The number of ether oxygens (including phenoxy) is 1. The molecule has 0 unspecified atom stereocenters. The zero-order valence-corrected chi connectivity index (χ0v) is 16.7. The molecular weight excluding hydrogens is 394 g/mol. The molecule has 29 heavy (non-hydrogen) atoms. The lowest BCUT2D eigenvalue weighted by Gasteiger charge is -2.12. The molecule has 0 saturated carbocycles. The van der Waals surface area contributed by atoms with Crippen molar-refractivity contribution in [3.8, 4) is 0 Å². The van der Waals surface area contributed by atoms with E-state index in [1.807, 2.05) is 25.1 Å². The molecule has 0 N–H and O–H groups in total. The molecule has 0 aliphatic rings. The number of benzene rings is 2. The Balaban J connectivity index is 1.68. The van der Waals surface area contributed by atoms with Gasteiger partial charge >= 0.3 is 11.6 Å². The van der Waals surface area contributed by atoms with Gasteiger partial charge in [0.15, 0.2) is 0 Å². The van der Waals surface area contributed by atoms with Gasteiger partial charge < -0.3 is 9.15 Å². The highest BCUT2D eigenvalue weighted by Crippen LogP contribution is 2.26. The molecule has 0 aliphatic heterocycles. The highest BCUT2D eigenvalue weighted by Gasteiger charge is 2.18. The van der Waals surface area contributed by atoms with Crippen molar-refractivity contribution >= 4 is 34.4 Å². The highest BCUT2D eigenvalue weighted by atomic mass is 32.2. The number of carbonyl (C=O) groups is 1. The molecule has 1 atom stereocenters. The molecule has 0 aliphatic carbocycles. The third-order valence-corrected chi connectivity index (χ3v) is 5.46. The van der Waals surface area contributed by atoms with Crippen LogP contribution in [0.5, 0.6) is 0 Å². The van der Waals surface area contributed by atoms with E-state index >= 15 is 0 Å². The van der Waals surface area contributed by atoms with E-state index in [4.69, 9.17) is 9.15 Å². The van der Waals surface area contributed by atoms with E-state index in [1.165, 1.54) is 30.0 Å². The molecule has 0 saturated heterocycles. The molecule has 0 spiro atoms. The molecule has 0 radical (unpaired) electrons. The normalized spacial score (nSPS) is 11.9. The van der Waals surface area contributed by atoms with Gasteiger partial charge in [-0.1, -0.05) is 19.1 Å². The predicted molar refractivity (Wildman–Crippen MR) is 110 cm³/mol. The number of nitro groups is 1. The summed E-state index contributed by atoms with van der Waals surface area (Å²) in [5, 5.41) is 10.9. The van der Waals surface area contributed by atoms with Gasteiger partial charge in [0.05, 0.1) is 4.92 Å². The second-order valence-electron chi connectivity index (χ2n) is 6.39. The average Bonchev–Trinajstić information content (AvgIpc) is 2.71. The molecule has 1 aromatic heterocycles. The second kappa shape index (κ2) is 8.91.